The van der Waals surface area contributed by atoms with Gasteiger partial charge in [-0.1, -0.05) is 23.5 Å². The third-order valence-corrected chi connectivity index (χ3v) is 2.76. The number of hydrogen-bond acceptors (Lipinski definition) is 5. The van der Waals surface area contributed by atoms with Crippen LogP contribution < -0.4 is 4.74 Å². The number of rotatable bonds is 4. The summed E-state index contributed by atoms with van der Waals surface area (Å²) in [7, 11) is 1.38. The Labute approximate surface area is 103 Å². The van der Waals surface area contributed by atoms with E-state index in [-0.39, 0.29) is 12.4 Å². The van der Waals surface area contributed by atoms with Gasteiger partial charge in [-0.05, 0) is 17.7 Å². The number of esters is 1. The predicted molar refractivity (Wildman–Crippen MR) is 64.4 cm³/mol. The molecule has 0 radical (unpaired) electrons. The van der Waals surface area contributed by atoms with Crippen LogP contribution in [-0.4, -0.2) is 18.1 Å². The molecule has 17 heavy (non-hydrogen) atoms. The maximum Gasteiger partial charge on any atom is 0.309 e. The van der Waals surface area contributed by atoms with Crippen LogP contribution in [0.1, 0.15) is 5.56 Å². The number of benzene rings is 1. The fourth-order valence-electron chi connectivity index (χ4n) is 1.28. The van der Waals surface area contributed by atoms with Crippen LogP contribution in [0.3, 0.4) is 0 Å². The number of methoxy groups -OCH3 is 1. The van der Waals surface area contributed by atoms with Gasteiger partial charge in [-0.25, -0.2) is 4.98 Å². The van der Waals surface area contributed by atoms with Gasteiger partial charge in [-0.15, -0.1) is 0 Å². The molecule has 4 nitrogen and oxygen atoms in total. The molecule has 0 amide bonds. The molecule has 0 fully saturated rings. The topological polar surface area (TPSA) is 48.4 Å². The lowest BCUT2D eigenvalue weighted by molar-refractivity contribution is -0.139. The minimum atomic E-state index is -0.251. The average molecular weight is 249 g/mol. The molecule has 0 aliphatic heterocycles. The van der Waals surface area contributed by atoms with Crippen LogP contribution in [0, 0.1) is 0 Å². The van der Waals surface area contributed by atoms with E-state index in [0.29, 0.717) is 10.9 Å². The molecule has 1 aromatic heterocycles. The Hall–Kier alpha value is -1.88. The number of carbonyl (C=O) groups excluding carboxylic acids is 1. The summed E-state index contributed by atoms with van der Waals surface area (Å²) in [5.41, 5.74) is 0.892. The molecular formula is C12H11NO3S. The first-order valence-electron chi connectivity index (χ1n) is 5.01. The second kappa shape index (κ2) is 5.45. The monoisotopic (exact) mass is 249 g/mol. The molecule has 0 bridgehead atoms. The molecule has 0 saturated heterocycles. The molecule has 0 N–H and O–H groups in total. The number of hydrogen-bond donors (Lipinski definition) is 0. The Balaban J connectivity index is 2.00. The lowest BCUT2D eigenvalue weighted by Gasteiger charge is -2.03. The summed E-state index contributed by atoms with van der Waals surface area (Å²) in [4.78, 5) is 15.1. The van der Waals surface area contributed by atoms with Gasteiger partial charge in [0.15, 0.2) is 0 Å². The van der Waals surface area contributed by atoms with Crippen molar-refractivity contribution in [2.45, 2.75) is 6.42 Å². The fourth-order valence-corrected chi connectivity index (χ4v) is 1.78. The molecule has 0 aliphatic carbocycles. The number of thiazole rings is 1. The van der Waals surface area contributed by atoms with Crippen molar-refractivity contribution in [3.05, 3.63) is 41.4 Å². The quantitative estimate of drug-likeness (QED) is 0.781. The molecule has 5 heteroatoms. The van der Waals surface area contributed by atoms with E-state index in [9.17, 15) is 4.79 Å². The maximum absolute atomic E-state index is 11.1. The van der Waals surface area contributed by atoms with Gasteiger partial charge < -0.3 is 9.47 Å². The highest BCUT2D eigenvalue weighted by atomic mass is 32.1. The van der Waals surface area contributed by atoms with Gasteiger partial charge >= 0.3 is 5.97 Å². The van der Waals surface area contributed by atoms with Crippen LogP contribution in [-0.2, 0) is 16.0 Å². The number of nitrogens with zero attached hydrogens (tertiary/aromatic N) is 1. The molecule has 2 rings (SSSR count). The lowest BCUT2D eigenvalue weighted by Crippen LogP contribution is -2.04. The van der Waals surface area contributed by atoms with Crippen molar-refractivity contribution in [3.8, 4) is 10.9 Å². The van der Waals surface area contributed by atoms with Gasteiger partial charge in [-0.2, -0.15) is 0 Å². The van der Waals surface area contributed by atoms with Crippen LogP contribution in [0.4, 0.5) is 0 Å². The van der Waals surface area contributed by atoms with Gasteiger partial charge in [0.05, 0.1) is 13.5 Å². The second-order valence-corrected chi connectivity index (χ2v) is 4.15. The highest BCUT2D eigenvalue weighted by molar-refractivity contribution is 7.11. The first-order chi connectivity index (χ1) is 8.28. The largest absolute Gasteiger partial charge is 0.469 e. The Kier molecular flexibility index (Phi) is 3.72. The molecular weight excluding hydrogens is 238 g/mol. The predicted octanol–water partition coefficient (Wildman–Crippen LogP) is 2.65. The van der Waals surface area contributed by atoms with Gasteiger partial charge in [-0.3, -0.25) is 4.79 Å². The number of ether oxygens (including phenoxy) is 2. The summed E-state index contributed by atoms with van der Waals surface area (Å²) in [6.07, 6.45) is 1.96. The smallest absolute Gasteiger partial charge is 0.309 e. The lowest BCUT2D eigenvalue weighted by atomic mass is 10.1. The van der Waals surface area contributed by atoms with E-state index >= 15 is 0 Å². The molecule has 0 atom stereocenters. The third kappa shape index (κ3) is 3.29. The van der Waals surface area contributed by atoms with Gasteiger partial charge in [0.2, 0.25) is 0 Å². The Morgan fingerprint density at radius 3 is 2.71 bits per heavy atom. The zero-order valence-electron chi connectivity index (χ0n) is 9.25. The summed E-state index contributed by atoms with van der Waals surface area (Å²) in [6, 6.07) is 7.28. The van der Waals surface area contributed by atoms with E-state index in [1.165, 1.54) is 18.4 Å². The number of aromatic nitrogens is 1. The highest BCUT2D eigenvalue weighted by Gasteiger charge is 2.03. The van der Waals surface area contributed by atoms with E-state index in [4.69, 9.17) is 4.74 Å². The van der Waals surface area contributed by atoms with Crippen LogP contribution in [0.2, 0.25) is 0 Å². The molecule has 0 unspecified atom stereocenters. The maximum atomic E-state index is 11.1. The first kappa shape index (κ1) is 11.6. The van der Waals surface area contributed by atoms with E-state index in [0.717, 1.165) is 5.56 Å². The molecule has 88 valence electrons. The Bertz CT molecular complexity index is 479. The molecule has 1 aromatic carbocycles. The zero-order valence-corrected chi connectivity index (χ0v) is 10.1. The summed E-state index contributed by atoms with van der Waals surface area (Å²) in [5.74, 6) is 0.451. The van der Waals surface area contributed by atoms with Gasteiger partial charge in [0, 0.05) is 11.6 Å². The summed E-state index contributed by atoms with van der Waals surface area (Å²) < 4.78 is 10.1. The minimum absolute atomic E-state index is 0.251. The van der Waals surface area contributed by atoms with Crippen LogP contribution >= 0.6 is 11.3 Å². The van der Waals surface area contributed by atoms with Crippen molar-refractivity contribution in [2.75, 3.05) is 7.11 Å². The van der Waals surface area contributed by atoms with Crippen molar-refractivity contribution < 1.29 is 14.3 Å². The molecule has 0 spiro atoms. The van der Waals surface area contributed by atoms with Gasteiger partial charge in [0.25, 0.3) is 5.19 Å². The molecule has 2 aromatic rings. The van der Waals surface area contributed by atoms with E-state index in [1.54, 1.807) is 18.3 Å². The molecule has 0 aliphatic rings. The van der Waals surface area contributed by atoms with Gasteiger partial charge in [0.1, 0.15) is 5.75 Å². The average Bonchev–Trinajstić information content (AvgIpc) is 2.84. The van der Waals surface area contributed by atoms with Crippen molar-refractivity contribution in [1.29, 1.82) is 0 Å². The first-order valence-corrected chi connectivity index (χ1v) is 5.89. The van der Waals surface area contributed by atoms with E-state index in [2.05, 4.69) is 9.72 Å². The number of carbonyl (C=O) groups is 1. The standard InChI is InChI=1S/C12H11NO3S/c1-15-11(14)8-9-2-4-10(5-3-9)16-12-13-6-7-17-12/h2-7H,8H2,1H3. The van der Waals surface area contributed by atoms with Crippen molar-refractivity contribution >= 4 is 17.3 Å². The normalized spacial score (nSPS) is 9.94. The highest BCUT2D eigenvalue weighted by Crippen LogP contribution is 2.23. The van der Waals surface area contributed by atoms with E-state index < -0.39 is 0 Å². The van der Waals surface area contributed by atoms with Crippen molar-refractivity contribution in [2.24, 2.45) is 0 Å². The van der Waals surface area contributed by atoms with Crippen molar-refractivity contribution in [1.82, 2.24) is 4.98 Å². The third-order valence-electron chi connectivity index (χ3n) is 2.11. The zero-order chi connectivity index (χ0) is 12.1. The molecule has 1 heterocycles. The van der Waals surface area contributed by atoms with Crippen LogP contribution in [0.15, 0.2) is 35.8 Å². The molecule has 0 saturated carbocycles. The summed E-state index contributed by atoms with van der Waals surface area (Å²) >= 11 is 1.43. The van der Waals surface area contributed by atoms with Crippen molar-refractivity contribution in [3.63, 3.8) is 0 Å². The van der Waals surface area contributed by atoms with Crippen LogP contribution in [0.5, 0.6) is 10.9 Å². The second-order valence-electron chi connectivity index (χ2n) is 3.30. The van der Waals surface area contributed by atoms with E-state index in [1.807, 2.05) is 17.5 Å². The SMILES string of the molecule is COC(=O)Cc1ccc(Oc2nccs2)cc1. The Morgan fingerprint density at radius 2 is 2.12 bits per heavy atom. The Morgan fingerprint density at radius 1 is 1.35 bits per heavy atom. The van der Waals surface area contributed by atoms with Crippen LogP contribution in [0.25, 0.3) is 0 Å². The fraction of sp³-hybridized carbons (Fsp3) is 0.167. The summed E-state index contributed by atoms with van der Waals surface area (Å²) in [6.45, 7) is 0. The summed E-state index contributed by atoms with van der Waals surface area (Å²) in [5, 5.41) is 2.45. The minimum Gasteiger partial charge on any atom is -0.469 e.